The zero-order valence-electron chi connectivity index (χ0n) is 16.5. The zero-order chi connectivity index (χ0) is 19.8. The summed E-state index contributed by atoms with van der Waals surface area (Å²) in [6.07, 6.45) is 0. The quantitative estimate of drug-likeness (QED) is 0.538. The number of piperazine rings is 1. The van der Waals surface area contributed by atoms with Crippen LogP contribution in [-0.4, -0.2) is 51.3 Å². The summed E-state index contributed by atoms with van der Waals surface area (Å²) in [6.45, 7) is 5.59. The summed E-state index contributed by atoms with van der Waals surface area (Å²) >= 11 is 8.30. The van der Waals surface area contributed by atoms with Crippen molar-refractivity contribution in [2.75, 3.05) is 55.6 Å². The number of halogens is 1. The van der Waals surface area contributed by atoms with E-state index < -0.39 is 0 Å². The van der Waals surface area contributed by atoms with Crippen LogP contribution in [0.15, 0.2) is 59.5 Å². The molecule has 0 aliphatic carbocycles. The van der Waals surface area contributed by atoms with Gasteiger partial charge < -0.3 is 18.8 Å². The van der Waals surface area contributed by atoms with Crippen molar-refractivity contribution >= 4 is 45.7 Å². The molecule has 0 spiro atoms. The van der Waals surface area contributed by atoms with Crippen LogP contribution in [0.4, 0.5) is 11.4 Å². The Morgan fingerprint density at radius 3 is 2.45 bits per heavy atom. The molecule has 1 saturated heterocycles. The van der Waals surface area contributed by atoms with Crippen molar-refractivity contribution in [3.63, 3.8) is 0 Å². The van der Waals surface area contributed by atoms with E-state index in [9.17, 15) is 0 Å². The van der Waals surface area contributed by atoms with Crippen LogP contribution < -0.4 is 13.9 Å². The largest absolute Gasteiger partial charge is 0.487 e. The van der Waals surface area contributed by atoms with Crippen LogP contribution >= 0.6 is 23.5 Å². The second-order valence-corrected chi connectivity index (χ2v) is 9.15. The number of rotatable bonds is 3. The second-order valence-electron chi connectivity index (χ2n) is 7.61. The highest BCUT2D eigenvalue weighted by Gasteiger charge is 2.27. The van der Waals surface area contributed by atoms with E-state index in [0.29, 0.717) is 6.61 Å². The van der Waals surface area contributed by atoms with Crippen molar-refractivity contribution in [1.82, 2.24) is 4.90 Å². The van der Waals surface area contributed by atoms with E-state index in [4.69, 9.17) is 16.3 Å². The molecule has 150 valence electrons. The fourth-order valence-corrected chi connectivity index (χ4v) is 5.15. The molecule has 0 aromatic heterocycles. The van der Waals surface area contributed by atoms with Gasteiger partial charge in [0.1, 0.15) is 6.61 Å². The number of likely N-dealkylation sites (N-methyl/N-ethyl adjacent to an activating group) is 1. The minimum atomic E-state index is 0.677. The van der Waals surface area contributed by atoms with E-state index in [-0.39, 0.29) is 0 Å². The number of anilines is 2. The van der Waals surface area contributed by atoms with Crippen molar-refractivity contribution in [2.24, 2.45) is 0 Å². The van der Waals surface area contributed by atoms with E-state index in [1.54, 1.807) is 11.9 Å². The average Bonchev–Trinajstić information content (AvgIpc) is 2.74. The Kier molecular flexibility index (Phi) is 5.20. The maximum Gasteiger partial charge on any atom is 0.166 e. The summed E-state index contributed by atoms with van der Waals surface area (Å²) in [6, 6.07) is 19.2. The minimum Gasteiger partial charge on any atom is -0.487 e. The summed E-state index contributed by atoms with van der Waals surface area (Å²) in [5, 5.41) is 3.28. The van der Waals surface area contributed by atoms with Crippen LogP contribution in [-0.2, 0) is 0 Å². The van der Waals surface area contributed by atoms with Gasteiger partial charge in [-0.3, -0.25) is 0 Å². The molecule has 29 heavy (non-hydrogen) atoms. The van der Waals surface area contributed by atoms with Gasteiger partial charge in [-0.15, -0.1) is 0 Å². The van der Waals surface area contributed by atoms with Crippen molar-refractivity contribution in [3.8, 4) is 5.75 Å². The topological polar surface area (TPSA) is 19.0 Å². The van der Waals surface area contributed by atoms with Gasteiger partial charge in [0.2, 0.25) is 0 Å². The zero-order valence-corrected chi connectivity index (χ0v) is 18.0. The van der Waals surface area contributed by atoms with Gasteiger partial charge >= 0.3 is 0 Å². The highest BCUT2D eigenvalue weighted by Crippen LogP contribution is 2.46. The highest BCUT2D eigenvalue weighted by molar-refractivity contribution is 8.00. The molecule has 0 N–H and O–H groups in total. The van der Waals surface area contributed by atoms with E-state index in [1.807, 2.05) is 6.07 Å². The van der Waals surface area contributed by atoms with Gasteiger partial charge in [-0.25, -0.2) is 0 Å². The van der Waals surface area contributed by atoms with Crippen LogP contribution in [0.25, 0.3) is 10.8 Å². The molecule has 5 rings (SSSR count). The number of ether oxygens (including phenoxy) is 1. The number of hydrogen-bond acceptors (Lipinski definition) is 5. The minimum absolute atomic E-state index is 0.677. The van der Waals surface area contributed by atoms with Crippen molar-refractivity contribution < 1.29 is 4.74 Å². The predicted molar refractivity (Wildman–Crippen MR) is 124 cm³/mol. The fraction of sp³-hybridized carbons (Fsp3) is 0.304. The molecule has 6 heteroatoms. The summed E-state index contributed by atoms with van der Waals surface area (Å²) in [5.41, 5.74) is 2.18. The Bertz CT molecular complexity index is 1040. The standard InChI is InChI=1S/C23H24ClN3OS/c1-25-8-10-26(11-9-25)21-15-19(24)16-22-23(21)28-13-12-27(22)29-20-7-6-17-4-2-3-5-18(17)14-20/h2-7,14-16H,8-13H2,1H3. The van der Waals surface area contributed by atoms with Gasteiger partial charge in [0.15, 0.2) is 5.75 Å². The van der Waals surface area contributed by atoms with Crippen molar-refractivity contribution in [2.45, 2.75) is 4.90 Å². The molecule has 0 unspecified atom stereocenters. The van der Waals surface area contributed by atoms with Crippen molar-refractivity contribution in [1.29, 1.82) is 0 Å². The molecule has 2 heterocycles. The molecule has 2 aliphatic heterocycles. The summed E-state index contributed by atoms with van der Waals surface area (Å²) < 4.78 is 8.47. The summed E-state index contributed by atoms with van der Waals surface area (Å²) in [5.74, 6) is 0.957. The van der Waals surface area contributed by atoms with Crippen LogP contribution in [0, 0.1) is 0 Å². The molecule has 0 bridgehead atoms. The van der Waals surface area contributed by atoms with E-state index in [2.05, 4.69) is 69.7 Å². The third-order valence-electron chi connectivity index (χ3n) is 5.60. The Hall–Kier alpha value is -2.08. The van der Waals surface area contributed by atoms with Crippen molar-refractivity contribution in [3.05, 3.63) is 59.6 Å². The maximum absolute atomic E-state index is 6.55. The van der Waals surface area contributed by atoms with Gasteiger partial charge in [0.05, 0.1) is 17.9 Å². The first-order valence-electron chi connectivity index (χ1n) is 10.0. The number of benzene rings is 3. The SMILES string of the molecule is CN1CCN(c2cc(Cl)cc3c2OCCN3Sc2ccc3ccccc3c2)CC1. The van der Waals surface area contributed by atoms with Crippen LogP contribution in [0.1, 0.15) is 0 Å². The first kappa shape index (κ1) is 18.9. The molecule has 0 saturated carbocycles. The lowest BCUT2D eigenvalue weighted by Crippen LogP contribution is -2.45. The number of fused-ring (bicyclic) bond motifs is 2. The van der Waals surface area contributed by atoms with Gasteiger partial charge in [-0.05, 0) is 54.0 Å². The molecule has 0 radical (unpaired) electrons. The third-order valence-corrected chi connectivity index (χ3v) is 6.89. The van der Waals surface area contributed by atoms with Gasteiger partial charge in [0, 0.05) is 36.1 Å². The molecular weight excluding hydrogens is 402 g/mol. The van der Waals surface area contributed by atoms with E-state index >= 15 is 0 Å². The Morgan fingerprint density at radius 1 is 0.862 bits per heavy atom. The Morgan fingerprint density at radius 2 is 1.62 bits per heavy atom. The van der Waals surface area contributed by atoms with Crippen LogP contribution in [0.2, 0.25) is 5.02 Å². The van der Waals surface area contributed by atoms with E-state index in [1.165, 1.54) is 15.7 Å². The molecule has 2 aliphatic rings. The molecule has 3 aromatic carbocycles. The molecule has 0 atom stereocenters. The summed E-state index contributed by atoms with van der Waals surface area (Å²) in [7, 11) is 2.17. The van der Waals surface area contributed by atoms with Crippen LogP contribution in [0.5, 0.6) is 5.75 Å². The Balaban J connectivity index is 1.46. The lowest BCUT2D eigenvalue weighted by atomic mass is 10.1. The highest BCUT2D eigenvalue weighted by atomic mass is 35.5. The lowest BCUT2D eigenvalue weighted by molar-refractivity contribution is 0.302. The molecule has 0 amide bonds. The average molecular weight is 426 g/mol. The number of nitrogens with zero attached hydrogens (tertiary/aromatic N) is 3. The molecular formula is C23H24ClN3OS. The Labute approximate surface area is 181 Å². The normalized spacial score (nSPS) is 17.3. The molecule has 3 aromatic rings. The smallest absolute Gasteiger partial charge is 0.166 e. The lowest BCUT2D eigenvalue weighted by Gasteiger charge is -2.38. The third kappa shape index (κ3) is 3.87. The maximum atomic E-state index is 6.55. The first-order valence-corrected chi connectivity index (χ1v) is 11.2. The summed E-state index contributed by atoms with van der Waals surface area (Å²) in [4.78, 5) is 5.98. The fourth-order valence-electron chi connectivity index (χ4n) is 3.98. The first-order chi connectivity index (χ1) is 14.2. The van der Waals surface area contributed by atoms with E-state index in [0.717, 1.165) is 54.9 Å². The van der Waals surface area contributed by atoms with Gasteiger partial charge in [-0.2, -0.15) is 0 Å². The molecule has 1 fully saturated rings. The number of hydrogen-bond donors (Lipinski definition) is 0. The van der Waals surface area contributed by atoms with Gasteiger partial charge in [0.25, 0.3) is 0 Å². The monoisotopic (exact) mass is 425 g/mol. The molecule has 4 nitrogen and oxygen atoms in total. The van der Waals surface area contributed by atoms with Crippen LogP contribution in [0.3, 0.4) is 0 Å². The van der Waals surface area contributed by atoms with Gasteiger partial charge in [-0.1, -0.05) is 41.9 Å². The predicted octanol–water partition coefficient (Wildman–Crippen LogP) is 5.15. The second kappa shape index (κ2) is 7.98.